The van der Waals surface area contributed by atoms with Gasteiger partial charge < -0.3 is 10.6 Å². The molecular weight excluding hydrogens is 304 g/mol. The van der Waals surface area contributed by atoms with E-state index in [1.807, 2.05) is 13.8 Å². The molecule has 0 heterocycles. The van der Waals surface area contributed by atoms with Crippen LogP contribution < -0.4 is 10.6 Å². The number of hydrogen-bond donors (Lipinski definition) is 1. The van der Waals surface area contributed by atoms with Crippen LogP contribution >= 0.6 is 0 Å². The standard InChI is InChI=1S/C14H20N4O5/c1-4-6-16(7-5-2)13-11(17(20)21)8-10(14(15)19)9(3)12(13)18(22)23/h8H,4-7H2,1-3H3,(H2,15,19). The predicted octanol–water partition coefficient (Wildman–Crippen LogP) is 2.54. The summed E-state index contributed by atoms with van der Waals surface area (Å²) >= 11 is 0. The molecule has 9 nitrogen and oxygen atoms in total. The second-order valence-corrected chi connectivity index (χ2v) is 5.13. The molecule has 23 heavy (non-hydrogen) atoms. The van der Waals surface area contributed by atoms with Crippen molar-refractivity contribution in [2.24, 2.45) is 5.73 Å². The molecule has 0 saturated heterocycles. The van der Waals surface area contributed by atoms with E-state index in [0.29, 0.717) is 25.9 Å². The summed E-state index contributed by atoms with van der Waals surface area (Å²) in [5.41, 5.74) is 4.06. The number of amides is 1. The van der Waals surface area contributed by atoms with Gasteiger partial charge in [-0.3, -0.25) is 25.0 Å². The van der Waals surface area contributed by atoms with E-state index < -0.39 is 27.1 Å². The van der Waals surface area contributed by atoms with Gasteiger partial charge in [0.25, 0.3) is 5.69 Å². The van der Waals surface area contributed by atoms with Crippen LogP contribution in [0.1, 0.15) is 42.6 Å². The summed E-state index contributed by atoms with van der Waals surface area (Å²) in [4.78, 5) is 34.6. The molecule has 1 aromatic rings. The van der Waals surface area contributed by atoms with E-state index in [9.17, 15) is 25.0 Å². The van der Waals surface area contributed by atoms with Crippen LogP contribution in [0.15, 0.2) is 6.07 Å². The summed E-state index contributed by atoms with van der Waals surface area (Å²) in [6.45, 7) is 6.01. The Morgan fingerprint density at radius 3 is 2.04 bits per heavy atom. The number of hydrogen-bond acceptors (Lipinski definition) is 6. The van der Waals surface area contributed by atoms with E-state index in [-0.39, 0.29) is 16.8 Å². The lowest BCUT2D eigenvalue weighted by Gasteiger charge is -2.24. The lowest BCUT2D eigenvalue weighted by Crippen LogP contribution is -2.27. The van der Waals surface area contributed by atoms with Gasteiger partial charge in [-0.25, -0.2) is 0 Å². The molecule has 0 aliphatic heterocycles. The Kier molecular flexibility index (Phi) is 6.00. The first-order valence-electron chi connectivity index (χ1n) is 7.27. The minimum atomic E-state index is -0.933. The number of primary amides is 1. The molecule has 0 spiro atoms. The van der Waals surface area contributed by atoms with Crippen LogP contribution in [0.2, 0.25) is 0 Å². The zero-order chi connectivity index (χ0) is 17.7. The maximum atomic E-state index is 11.5. The van der Waals surface area contributed by atoms with Crippen molar-refractivity contribution in [2.75, 3.05) is 18.0 Å². The average Bonchev–Trinajstić information content (AvgIpc) is 2.45. The largest absolute Gasteiger partial charge is 0.366 e. The number of anilines is 1. The van der Waals surface area contributed by atoms with Crippen LogP contribution in [0, 0.1) is 27.2 Å². The van der Waals surface area contributed by atoms with Gasteiger partial charge in [0.2, 0.25) is 5.91 Å². The van der Waals surface area contributed by atoms with E-state index in [0.717, 1.165) is 6.07 Å². The third kappa shape index (κ3) is 3.74. The minimum absolute atomic E-state index is 0.0420. The third-order valence-corrected chi connectivity index (χ3v) is 3.46. The Morgan fingerprint density at radius 1 is 1.17 bits per heavy atom. The molecule has 2 N–H and O–H groups in total. The zero-order valence-corrected chi connectivity index (χ0v) is 13.4. The highest BCUT2D eigenvalue weighted by molar-refractivity contribution is 5.98. The maximum Gasteiger partial charge on any atom is 0.303 e. The first kappa shape index (κ1) is 18.3. The SMILES string of the molecule is CCCN(CCC)c1c([N+](=O)[O-])cc(C(N)=O)c(C)c1[N+](=O)[O-]. The molecule has 0 aromatic heterocycles. The number of nitrogens with zero attached hydrogens (tertiary/aromatic N) is 3. The van der Waals surface area contributed by atoms with Gasteiger partial charge in [-0.05, 0) is 19.8 Å². The molecule has 0 fully saturated rings. The number of nitro groups is 2. The quantitative estimate of drug-likeness (QED) is 0.577. The van der Waals surface area contributed by atoms with Crippen molar-refractivity contribution in [3.8, 4) is 0 Å². The minimum Gasteiger partial charge on any atom is -0.366 e. The molecule has 9 heteroatoms. The molecule has 0 aliphatic carbocycles. The molecule has 126 valence electrons. The van der Waals surface area contributed by atoms with Gasteiger partial charge in [-0.2, -0.15) is 0 Å². The highest BCUT2D eigenvalue weighted by atomic mass is 16.6. The molecule has 0 radical (unpaired) electrons. The van der Waals surface area contributed by atoms with Crippen LogP contribution in [-0.4, -0.2) is 28.8 Å². The van der Waals surface area contributed by atoms with Gasteiger partial charge in [-0.1, -0.05) is 13.8 Å². The molecule has 0 bridgehead atoms. The van der Waals surface area contributed by atoms with E-state index >= 15 is 0 Å². The second kappa shape index (κ2) is 7.52. The molecule has 0 unspecified atom stereocenters. The molecule has 1 aromatic carbocycles. The summed E-state index contributed by atoms with van der Waals surface area (Å²) < 4.78 is 0. The van der Waals surface area contributed by atoms with Crippen molar-refractivity contribution in [1.82, 2.24) is 0 Å². The maximum absolute atomic E-state index is 11.5. The van der Waals surface area contributed by atoms with Gasteiger partial charge in [0.05, 0.1) is 15.4 Å². The summed E-state index contributed by atoms with van der Waals surface area (Å²) in [6, 6.07) is 1.03. The number of rotatable bonds is 8. The number of carbonyl (C=O) groups excluding carboxylic acids is 1. The summed E-state index contributed by atoms with van der Waals surface area (Å²) in [5.74, 6) is -0.933. The normalized spacial score (nSPS) is 10.4. The van der Waals surface area contributed by atoms with Gasteiger partial charge in [-0.15, -0.1) is 0 Å². The third-order valence-electron chi connectivity index (χ3n) is 3.46. The zero-order valence-electron chi connectivity index (χ0n) is 13.4. The Morgan fingerprint density at radius 2 is 1.70 bits per heavy atom. The highest BCUT2D eigenvalue weighted by Gasteiger charge is 2.34. The molecule has 0 atom stereocenters. The topological polar surface area (TPSA) is 133 Å². The fourth-order valence-electron chi connectivity index (χ4n) is 2.55. The van der Waals surface area contributed by atoms with Gasteiger partial charge >= 0.3 is 5.69 Å². The average molecular weight is 324 g/mol. The summed E-state index contributed by atoms with van der Waals surface area (Å²) in [5, 5.41) is 22.9. The van der Waals surface area contributed by atoms with Crippen LogP contribution in [-0.2, 0) is 0 Å². The Labute approximate surface area is 133 Å². The Hall–Kier alpha value is -2.71. The van der Waals surface area contributed by atoms with Crippen molar-refractivity contribution < 1.29 is 14.6 Å². The number of nitro benzene ring substituents is 2. The molecule has 1 rings (SSSR count). The van der Waals surface area contributed by atoms with Gasteiger partial charge in [0.15, 0.2) is 5.69 Å². The van der Waals surface area contributed by atoms with Crippen molar-refractivity contribution in [2.45, 2.75) is 33.6 Å². The molecular formula is C14H20N4O5. The van der Waals surface area contributed by atoms with Crippen LogP contribution in [0.3, 0.4) is 0 Å². The Bertz CT molecular complexity index is 639. The van der Waals surface area contributed by atoms with Crippen molar-refractivity contribution in [1.29, 1.82) is 0 Å². The molecule has 0 aliphatic rings. The first-order chi connectivity index (χ1) is 10.8. The van der Waals surface area contributed by atoms with E-state index in [2.05, 4.69) is 0 Å². The van der Waals surface area contributed by atoms with Crippen LogP contribution in [0.4, 0.5) is 17.1 Å². The van der Waals surface area contributed by atoms with Crippen LogP contribution in [0.25, 0.3) is 0 Å². The van der Waals surface area contributed by atoms with Crippen molar-refractivity contribution >= 4 is 23.0 Å². The summed E-state index contributed by atoms with van der Waals surface area (Å²) in [6.07, 6.45) is 1.34. The van der Waals surface area contributed by atoms with E-state index in [1.165, 1.54) is 6.92 Å². The van der Waals surface area contributed by atoms with Crippen LogP contribution in [0.5, 0.6) is 0 Å². The van der Waals surface area contributed by atoms with E-state index in [4.69, 9.17) is 5.73 Å². The smallest absolute Gasteiger partial charge is 0.303 e. The predicted molar refractivity (Wildman–Crippen MR) is 85.8 cm³/mol. The number of nitrogens with two attached hydrogens (primary N) is 1. The Balaban J connectivity index is 3.82. The van der Waals surface area contributed by atoms with Crippen molar-refractivity contribution in [3.63, 3.8) is 0 Å². The molecule has 1 amide bonds. The fraction of sp³-hybridized carbons (Fsp3) is 0.500. The lowest BCUT2D eigenvalue weighted by atomic mass is 10.0. The van der Waals surface area contributed by atoms with Gasteiger partial charge in [0.1, 0.15) is 0 Å². The number of benzene rings is 1. The number of carbonyl (C=O) groups is 1. The molecule has 0 saturated carbocycles. The fourth-order valence-corrected chi connectivity index (χ4v) is 2.55. The highest BCUT2D eigenvalue weighted by Crippen LogP contribution is 2.41. The lowest BCUT2D eigenvalue weighted by molar-refractivity contribution is -0.393. The van der Waals surface area contributed by atoms with Gasteiger partial charge in [0, 0.05) is 24.7 Å². The van der Waals surface area contributed by atoms with Crippen molar-refractivity contribution in [3.05, 3.63) is 37.4 Å². The van der Waals surface area contributed by atoms with E-state index in [1.54, 1.807) is 4.90 Å². The summed E-state index contributed by atoms with van der Waals surface area (Å²) in [7, 11) is 0. The monoisotopic (exact) mass is 324 g/mol. The second-order valence-electron chi connectivity index (χ2n) is 5.13. The first-order valence-corrected chi connectivity index (χ1v) is 7.27.